The molecule has 0 aliphatic heterocycles. The third kappa shape index (κ3) is 2.49. The summed E-state index contributed by atoms with van der Waals surface area (Å²) < 4.78 is 4.77. The summed E-state index contributed by atoms with van der Waals surface area (Å²) >= 11 is 0. The van der Waals surface area contributed by atoms with Crippen molar-refractivity contribution in [3.05, 3.63) is 80.5 Å². The smallest absolute Gasteiger partial charge is 0.545 e. The molecule has 5 aromatic carbocycles. The van der Waals surface area contributed by atoms with E-state index in [2.05, 4.69) is 0 Å². The van der Waals surface area contributed by atoms with Gasteiger partial charge in [-0.05, 0) is 38.4 Å². The van der Waals surface area contributed by atoms with Gasteiger partial charge in [0.1, 0.15) is 0 Å². The maximum Gasteiger partial charge on any atom is 1.00 e. The number of hydrogen-bond acceptors (Lipinski definition) is 6. The van der Waals surface area contributed by atoms with Gasteiger partial charge in [-0.2, -0.15) is 0 Å². The predicted octanol–water partition coefficient (Wildman–Crippen LogP) is -0.293. The Balaban J connectivity index is 0.00000216. The molecule has 0 aliphatic rings. The van der Waals surface area contributed by atoms with Gasteiger partial charge in [0.15, 0.2) is 0 Å². The molecule has 0 fully saturated rings. The standard InChI is InChI=1S/C24H10O7.K/c25-21(26)13-8-7-11-10-5-1-3-9-4-2-6-12(14(9)10)16-15(11)17(13)18(22(27)28)20-19(16)23(29)31-24(20)30;/h1-8H,(H,25,26)(H,27,28);/q;+1/p-1. The van der Waals surface area contributed by atoms with Crippen molar-refractivity contribution in [1.29, 1.82) is 0 Å². The molecule has 0 atom stereocenters. The monoisotopic (exact) mass is 448 g/mol. The van der Waals surface area contributed by atoms with Crippen LogP contribution in [0.25, 0.3) is 53.9 Å². The first-order valence-electron chi connectivity index (χ1n) is 9.30. The molecule has 0 saturated heterocycles. The molecule has 148 valence electrons. The summed E-state index contributed by atoms with van der Waals surface area (Å²) in [6.07, 6.45) is 0. The third-order valence-corrected chi connectivity index (χ3v) is 5.95. The quantitative estimate of drug-likeness (QED) is 0.219. The van der Waals surface area contributed by atoms with Gasteiger partial charge in [-0.1, -0.05) is 42.5 Å². The van der Waals surface area contributed by atoms with Crippen molar-refractivity contribution in [2.24, 2.45) is 0 Å². The second-order valence-electron chi connectivity index (χ2n) is 7.39. The summed E-state index contributed by atoms with van der Waals surface area (Å²) in [4.78, 5) is 49.3. The van der Waals surface area contributed by atoms with Gasteiger partial charge < -0.3 is 19.4 Å². The molecular formula is C24H9KO7. The summed E-state index contributed by atoms with van der Waals surface area (Å²) in [5.74, 6) is -3.12. The van der Waals surface area contributed by atoms with Crippen LogP contribution >= 0.6 is 0 Å². The van der Waals surface area contributed by atoms with Crippen molar-refractivity contribution < 1.29 is 75.6 Å². The molecule has 7 nitrogen and oxygen atoms in total. The Bertz CT molecular complexity index is 1880. The first-order valence-corrected chi connectivity index (χ1v) is 9.30. The van der Waals surface area contributed by atoms with Gasteiger partial charge >= 0.3 is 68.6 Å². The minimum absolute atomic E-state index is 0. The van der Waals surface area contributed by atoms with E-state index in [0.717, 1.165) is 16.2 Å². The molecular weight excluding hydrogens is 439 g/mol. The van der Waals surface area contributed by atoms with Crippen LogP contribution < -0.4 is 67.7 Å². The number of fused-ring (bicyclic) bond motifs is 4. The number of rotatable bonds is 2. The van der Waals surface area contributed by atoms with Gasteiger partial charge in [0, 0.05) is 16.3 Å². The summed E-state index contributed by atoms with van der Waals surface area (Å²) in [7, 11) is 0. The van der Waals surface area contributed by atoms with Gasteiger partial charge in [-0.3, -0.25) is 0 Å². The molecule has 0 unspecified atom stereocenters. The van der Waals surface area contributed by atoms with E-state index in [4.69, 9.17) is 4.42 Å². The fraction of sp³-hybridized carbons (Fsp3) is 0. The normalized spacial score (nSPS) is 11.6. The Morgan fingerprint density at radius 2 is 1.31 bits per heavy atom. The molecule has 0 amide bonds. The van der Waals surface area contributed by atoms with Crippen molar-refractivity contribution >= 4 is 65.8 Å². The van der Waals surface area contributed by atoms with Gasteiger partial charge in [-0.15, -0.1) is 0 Å². The SMILES string of the molecule is O=C(O)c1ccc2c3cccc4cccc(c43)c3c4c(=O)oc(=O)c4c(C(=O)[O-])c1c23.[K+]. The Labute approximate surface area is 220 Å². The molecule has 0 aliphatic carbocycles. The minimum atomic E-state index is -1.76. The number of carboxylic acid groups (broad SMARTS) is 2. The number of benzene rings is 5. The maximum atomic E-state index is 12.7. The van der Waals surface area contributed by atoms with Crippen LogP contribution in [-0.2, 0) is 0 Å². The zero-order valence-corrected chi connectivity index (χ0v) is 19.6. The molecule has 6 aromatic rings. The number of carboxylic acids is 2. The Morgan fingerprint density at radius 3 is 1.97 bits per heavy atom. The van der Waals surface area contributed by atoms with E-state index in [0.29, 0.717) is 16.2 Å². The fourth-order valence-corrected chi connectivity index (χ4v) is 4.87. The molecule has 8 heteroatoms. The van der Waals surface area contributed by atoms with Crippen LogP contribution in [0, 0.1) is 0 Å². The zero-order chi connectivity index (χ0) is 21.6. The number of hydrogen-bond donors (Lipinski definition) is 1. The van der Waals surface area contributed by atoms with Crippen LogP contribution in [0.15, 0.2) is 62.5 Å². The van der Waals surface area contributed by atoms with E-state index in [1.165, 1.54) is 6.07 Å². The van der Waals surface area contributed by atoms with Crippen LogP contribution in [-0.4, -0.2) is 17.0 Å². The van der Waals surface area contributed by atoms with Crippen molar-refractivity contribution in [2.45, 2.75) is 0 Å². The summed E-state index contributed by atoms with van der Waals surface area (Å²) in [6, 6.07) is 13.9. The molecule has 0 spiro atoms. The molecule has 32 heavy (non-hydrogen) atoms. The minimum Gasteiger partial charge on any atom is -0.545 e. The topological polar surface area (TPSA) is 125 Å². The van der Waals surface area contributed by atoms with Gasteiger partial charge in [0.2, 0.25) is 0 Å². The summed E-state index contributed by atoms with van der Waals surface area (Å²) in [5, 5.41) is 25.3. The van der Waals surface area contributed by atoms with E-state index in [-0.39, 0.29) is 73.1 Å². The van der Waals surface area contributed by atoms with Crippen LogP contribution in [0.2, 0.25) is 0 Å². The van der Waals surface area contributed by atoms with Crippen LogP contribution in [0.1, 0.15) is 20.7 Å². The third-order valence-electron chi connectivity index (χ3n) is 5.95. The first-order chi connectivity index (χ1) is 14.9. The molecule has 1 aromatic heterocycles. The van der Waals surface area contributed by atoms with E-state index in [1.54, 1.807) is 18.2 Å². The maximum absolute atomic E-state index is 12.7. The number of carbonyl (C=O) groups excluding carboxylic acids is 1. The van der Waals surface area contributed by atoms with Crippen molar-refractivity contribution in [1.82, 2.24) is 0 Å². The molecule has 1 heterocycles. The van der Waals surface area contributed by atoms with E-state index in [1.807, 2.05) is 24.3 Å². The van der Waals surface area contributed by atoms with Crippen molar-refractivity contribution in [3.8, 4) is 0 Å². The predicted molar refractivity (Wildman–Crippen MR) is 112 cm³/mol. The van der Waals surface area contributed by atoms with Crippen LogP contribution in [0.4, 0.5) is 0 Å². The molecule has 0 bridgehead atoms. The zero-order valence-electron chi connectivity index (χ0n) is 16.5. The number of furan rings is 1. The van der Waals surface area contributed by atoms with Crippen LogP contribution in [0.3, 0.4) is 0 Å². The molecule has 6 rings (SSSR count). The molecule has 0 saturated carbocycles. The van der Waals surface area contributed by atoms with Crippen molar-refractivity contribution in [2.75, 3.05) is 0 Å². The number of aromatic carboxylic acids is 2. The second-order valence-corrected chi connectivity index (χ2v) is 7.39. The van der Waals surface area contributed by atoms with E-state index < -0.39 is 34.1 Å². The average Bonchev–Trinajstić information content (AvgIpc) is 3.04. The Kier molecular flexibility index (Phi) is 4.63. The Morgan fingerprint density at radius 1 is 0.719 bits per heavy atom. The fourth-order valence-electron chi connectivity index (χ4n) is 4.87. The second kappa shape index (κ2) is 7.06. The van der Waals surface area contributed by atoms with E-state index >= 15 is 0 Å². The molecule has 0 radical (unpaired) electrons. The number of carbonyl (C=O) groups is 2. The Hall–Kier alpha value is -2.88. The summed E-state index contributed by atoms with van der Waals surface area (Å²) in [6.45, 7) is 0. The van der Waals surface area contributed by atoms with Gasteiger partial charge in [-0.25, -0.2) is 14.4 Å². The first kappa shape index (κ1) is 21.0. The summed E-state index contributed by atoms with van der Waals surface area (Å²) in [5.41, 5.74) is -3.05. The van der Waals surface area contributed by atoms with Gasteiger partial charge in [0.25, 0.3) is 0 Å². The average molecular weight is 448 g/mol. The van der Waals surface area contributed by atoms with E-state index in [9.17, 15) is 29.4 Å². The van der Waals surface area contributed by atoms with Gasteiger partial charge in [0.05, 0.1) is 22.3 Å². The van der Waals surface area contributed by atoms with Crippen LogP contribution in [0.5, 0.6) is 0 Å². The largest absolute Gasteiger partial charge is 1.00 e. The van der Waals surface area contributed by atoms with Crippen molar-refractivity contribution in [3.63, 3.8) is 0 Å². The molecule has 1 N–H and O–H groups in total.